The van der Waals surface area contributed by atoms with Crippen molar-refractivity contribution in [2.45, 2.75) is 59.3 Å². The zero-order chi connectivity index (χ0) is 11.6. The van der Waals surface area contributed by atoms with Gasteiger partial charge >= 0.3 is 115 Å². The predicted molar refractivity (Wildman–Crippen MR) is 81.7 cm³/mol. The second-order valence-electron chi connectivity index (χ2n) is 4.44. The maximum atomic E-state index is 2.59. The standard InChI is InChI=1S/C12H27P.Cu.HI/c1-4-7-10-13(11-8-5-2)12-9-6-3;;/h4-12H2,1-3H3;;1H. The van der Waals surface area contributed by atoms with Gasteiger partial charge in [-0.2, -0.15) is 0 Å². The van der Waals surface area contributed by atoms with Crippen molar-refractivity contribution < 1.29 is 11.3 Å². The van der Waals surface area contributed by atoms with Gasteiger partial charge in [0.1, 0.15) is 0 Å². The first-order chi connectivity index (χ1) is 7.24. The fourth-order valence-corrected chi connectivity index (χ4v) is 14.0. The van der Waals surface area contributed by atoms with E-state index in [2.05, 4.69) is 52.4 Å². The summed E-state index contributed by atoms with van der Waals surface area (Å²) in [6.45, 7) is 6.99. The van der Waals surface area contributed by atoms with Gasteiger partial charge in [0.2, 0.25) is 0 Å². The normalized spacial score (nSPS) is 13.3. The van der Waals surface area contributed by atoms with Gasteiger partial charge in [0.15, 0.2) is 0 Å². The van der Waals surface area contributed by atoms with Crippen LogP contribution in [0.3, 0.4) is 0 Å². The molecule has 0 saturated heterocycles. The molecule has 0 rings (SSSR count). The molecule has 0 radical (unpaired) electrons. The molecule has 0 amide bonds. The van der Waals surface area contributed by atoms with Crippen LogP contribution < -0.4 is 0 Å². The van der Waals surface area contributed by atoms with E-state index in [1.807, 2.05) is 0 Å². The number of unbranched alkanes of at least 4 members (excludes halogenated alkanes) is 3. The van der Waals surface area contributed by atoms with E-state index in [0.717, 1.165) is 0 Å². The number of hydrogen-bond donors (Lipinski definition) is 0. The molecule has 0 bridgehead atoms. The number of hydrogen-bond acceptors (Lipinski definition) is 0. The van der Waals surface area contributed by atoms with E-state index in [9.17, 15) is 0 Å². The van der Waals surface area contributed by atoms with Gasteiger partial charge in [-0.3, -0.25) is 0 Å². The van der Waals surface area contributed by atoms with Crippen LogP contribution in [0.5, 0.6) is 0 Å². The van der Waals surface area contributed by atoms with E-state index >= 15 is 0 Å². The van der Waals surface area contributed by atoms with Crippen LogP contribution in [0.4, 0.5) is 0 Å². The second kappa shape index (κ2) is 10.8. The summed E-state index contributed by atoms with van der Waals surface area (Å²) in [5, 5.41) is 0. The molecule has 3 heteroatoms. The van der Waals surface area contributed by atoms with Crippen molar-refractivity contribution in [2.24, 2.45) is 0 Å². The zero-order valence-electron chi connectivity index (χ0n) is 10.5. The zero-order valence-corrected chi connectivity index (χ0v) is 14.6. The molecule has 15 heavy (non-hydrogen) atoms. The first-order valence-electron chi connectivity index (χ1n) is 6.45. The molecule has 0 aromatic rings. The number of halogens is 1. The summed E-state index contributed by atoms with van der Waals surface area (Å²) in [6, 6.07) is 0. The first-order valence-corrected chi connectivity index (χ1v) is 13.3. The van der Waals surface area contributed by atoms with Crippen LogP contribution >= 0.6 is 26.3 Å². The van der Waals surface area contributed by atoms with Gasteiger partial charge in [-0.1, -0.05) is 0 Å². The molecule has 0 saturated carbocycles. The van der Waals surface area contributed by atoms with E-state index in [4.69, 9.17) is 0 Å². The van der Waals surface area contributed by atoms with Gasteiger partial charge in [0.25, 0.3) is 0 Å². The summed E-state index contributed by atoms with van der Waals surface area (Å²) < 4.78 is 0. The number of rotatable bonds is 10. The van der Waals surface area contributed by atoms with E-state index < -0.39 is 5.95 Å². The molecule has 0 aromatic heterocycles. The maximum absolute atomic E-state index is 2.59. The Morgan fingerprint density at radius 2 is 1.13 bits per heavy atom. The molecule has 99 valence electrons. The average Bonchev–Trinajstić information content (AvgIpc) is 2.29. The molecular weight excluding hydrogens is 366 g/mol. The molecule has 0 heterocycles. The topological polar surface area (TPSA) is 0 Å². The third-order valence-electron chi connectivity index (χ3n) is 3.00. The summed E-state index contributed by atoms with van der Waals surface area (Å²) in [5.41, 5.74) is 0. The van der Waals surface area contributed by atoms with Crippen LogP contribution in [0.2, 0.25) is 0 Å². The molecule has 0 spiro atoms. The van der Waals surface area contributed by atoms with Gasteiger partial charge in [-0.25, -0.2) is 0 Å². The summed E-state index contributed by atoms with van der Waals surface area (Å²) in [7, 11) is 0. The van der Waals surface area contributed by atoms with Gasteiger partial charge in [0.05, 0.1) is 0 Å². The molecule has 0 unspecified atom stereocenters. The van der Waals surface area contributed by atoms with E-state index in [1.54, 1.807) is 18.5 Å². The van der Waals surface area contributed by atoms with Crippen molar-refractivity contribution in [3.05, 3.63) is 0 Å². The van der Waals surface area contributed by atoms with Crippen LogP contribution in [0.1, 0.15) is 59.3 Å². The van der Waals surface area contributed by atoms with Crippen molar-refractivity contribution >= 4 is 26.3 Å². The molecule has 0 nitrogen and oxygen atoms in total. The van der Waals surface area contributed by atoms with Crippen LogP contribution in [0.25, 0.3) is 0 Å². The van der Waals surface area contributed by atoms with Gasteiger partial charge < -0.3 is 0 Å². The van der Waals surface area contributed by atoms with Crippen molar-refractivity contribution in [1.82, 2.24) is 0 Å². The Balaban J connectivity index is 4.16. The second-order valence-corrected chi connectivity index (χ2v) is 15.7. The van der Waals surface area contributed by atoms with Crippen LogP contribution in [-0.4, -0.2) is 18.5 Å². The van der Waals surface area contributed by atoms with Gasteiger partial charge in [-0.05, 0) is 0 Å². The Labute approximate surface area is 115 Å². The van der Waals surface area contributed by atoms with E-state index in [1.165, 1.54) is 38.5 Å². The van der Waals surface area contributed by atoms with Crippen molar-refractivity contribution in [3.8, 4) is 0 Å². The fourth-order valence-electron chi connectivity index (χ4n) is 1.90. The Kier molecular flexibility index (Phi) is 12.0. The Bertz CT molecular complexity index is 120. The van der Waals surface area contributed by atoms with E-state index in [-0.39, 0.29) is 0 Å². The van der Waals surface area contributed by atoms with E-state index in [0.29, 0.717) is 0 Å². The Morgan fingerprint density at radius 3 is 1.33 bits per heavy atom. The van der Waals surface area contributed by atoms with Crippen molar-refractivity contribution in [1.29, 1.82) is 0 Å². The molecule has 0 aliphatic rings. The third kappa shape index (κ3) is 7.58. The van der Waals surface area contributed by atoms with Crippen LogP contribution in [-0.2, 0) is 11.3 Å². The minimum atomic E-state index is -0.939. The monoisotopic (exact) mass is 393 g/mol. The average molecular weight is 394 g/mol. The van der Waals surface area contributed by atoms with Crippen molar-refractivity contribution in [2.75, 3.05) is 18.5 Å². The van der Waals surface area contributed by atoms with Crippen LogP contribution in [0, 0.1) is 0 Å². The summed E-state index contributed by atoms with van der Waals surface area (Å²) in [6.07, 6.45) is 13.2. The molecule has 0 aliphatic carbocycles. The Morgan fingerprint density at radius 1 is 0.800 bits per heavy atom. The Hall–Kier alpha value is 1.68. The molecule has 0 fully saturated rings. The minimum absolute atomic E-state index is 0.939. The molecule has 0 aliphatic heterocycles. The summed E-state index contributed by atoms with van der Waals surface area (Å²) >= 11 is 4.93. The SMILES string of the molecule is CCCC[PH](CCCC)(CCCC)[Cu][I]. The molecule has 0 N–H and O–H groups in total. The molecular formula is C12H28CuIP. The predicted octanol–water partition coefficient (Wildman–Crippen LogP) is 5.48. The molecule has 0 aromatic carbocycles. The first kappa shape index (κ1) is 16.7. The summed E-state index contributed by atoms with van der Waals surface area (Å²) in [5.74, 6) is -0.939. The van der Waals surface area contributed by atoms with Gasteiger partial charge in [-0.15, -0.1) is 0 Å². The van der Waals surface area contributed by atoms with Gasteiger partial charge in [0, 0.05) is 0 Å². The summed E-state index contributed by atoms with van der Waals surface area (Å²) in [4.78, 5) is 0. The van der Waals surface area contributed by atoms with Crippen molar-refractivity contribution in [3.63, 3.8) is 0 Å². The third-order valence-corrected chi connectivity index (χ3v) is 18.7. The quantitative estimate of drug-likeness (QED) is 0.262. The van der Waals surface area contributed by atoms with Crippen LogP contribution in [0.15, 0.2) is 0 Å². The fraction of sp³-hybridized carbons (Fsp3) is 1.00. The molecule has 0 atom stereocenters.